The SMILES string of the molecule is CCN(CC1CC1)c1c(F)cc(CBr)cc1F. The first-order valence-corrected chi connectivity index (χ1v) is 7.06. The van der Waals surface area contributed by atoms with Gasteiger partial charge < -0.3 is 4.90 Å². The van der Waals surface area contributed by atoms with E-state index in [-0.39, 0.29) is 5.69 Å². The molecule has 1 aromatic carbocycles. The van der Waals surface area contributed by atoms with Crippen LogP contribution < -0.4 is 4.90 Å². The van der Waals surface area contributed by atoms with Crippen LogP contribution in [0.25, 0.3) is 0 Å². The fourth-order valence-corrected chi connectivity index (χ4v) is 2.31. The minimum absolute atomic E-state index is 0.129. The van der Waals surface area contributed by atoms with Crippen molar-refractivity contribution < 1.29 is 8.78 Å². The number of alkyl halides is 1. The molecule has 0 saturated heterocycles. The van der Waals surface area contributed by atoms with Gasteiger partial charge in [-0.25, -0.2) is 8.78 Å². The van der Waals surface area contributed by atoms with E-state index in [0.29, 0.717) is 23.4 Å². The number of hydrogen-bond donors (Lipinski definition) is 0. The van der Waals surface area contributed by atoms with Crippen molar-refractivity contribution in [3.05, 3.63) is 29.3 Å². The summed E-state index contributed by atoms with van der Waals surface area (Å²) in [6.45, 7) is 3.33. The van der Waals surface area contributed by atoms with Gasteiger partial charge in [0.25, 0.3) is 0 Å². The van der Waals surface area contributed by atoms with Gasteiger partial charge >= 0.3 is 0 Å². The molecule has 0 aliphatic heterocycles. The van der Waals surface area contributed by atoms with Gasteiger partial charge in [-0.05, 0) is 43.4 Å². The number of anilines is 1. The van der Waals surface area contributed by atoms with Gasteiger partial charge in [-0.3, -0.25) is 0 Å². The molecule has 1 fully saturated rings. The molecule has 1 nitrogen and oxygen atoms in total. The summed E-state index contributed by atoms with van der Waals surface area (Å²) < 4.78 is 27.8. The van der Waals surface area contributed by atoms with Crippen molar-refractivity contribution >= 4 is 21.6 Å². The average molecular weight is 304 g/mol. The largest absolute Gasteiger partial charge is 0.367 e. The zero-order valence-electron chi connectivity index (χ0n) is 9.85. The van der Waals surface area contributed by atoms with Crippen molar-refractivity contribution in [2.24, 2.45) is 5.92 Å². The Labute approximate surface area is 109 Å². The summed E-state index contributed by atoms with van der Waals surface area (Å²) in [5, 5.41) is 0.468. The summed E-state index contributed by atoms with van der Waals surface area (Å²) in [6, 6.07) is 2.81. The summed E-state index contributed by atoms with van der Waals surface area (Å²) in [4.78, 5) is 1.81. The van der Waals surface area contributed by atoms with Crippen molar-refractivity contribution in [1.82, 2.24) is 0 Å². The summed E-state index contributed by atoms with van der Waals surface area (Å²) >= 11 is 3.21. The number of nitrogens with zero attached hydrogens (tertiary/aromatic N) is 1. The van der Waals surface area contributed by atoms with Crippen molar-refractivity contribution in [1.29, 1.82) is 0 Å². The molecule has 2 rings (SSSR count). The maximum absolute atomic E-state index is 13.9. The quantitative estimate of drug-likeness (QED) is 0.740. The Bertz CT molecular complexity index is 381. The van der Waals surface area contributed by atoms with Crippen LogP contribution in [-0.2, 0) is 5.33 Å². The molecule has 1 aromatic rings. The monoisotopic (exact) mass is 303 g/mol. The molecule has 0 heterocycles. The highest BCUT2D eigenvalue weighted by Crippen LogP contribution is 2.33. The lowest BCUT2D eigenvalue weighted by atomic mass is 10.2. The third-order valence-electron chi connectivity index (χ3n) is 3.10. The molecule has 1 aliphatic rings. The van der Waals surface area contributed by atoms with Gasteiger partial charge in [-0.15, -0.1) is 0 Å². The lowest BCUT2D eigenvalue weighted by Gasteiger charge is -2.24. The van der Waals surface area contributed by atoms with E-state index in [0.717, 1.165) is 6.54 Å². The lowest BCUT2D eigenvalue weighted by Crippen LogP contribution is -2.27. The van der Waals surface area contributed by atoms with Gasteiger partial charge in [0.15, 0.2) is 0 Å². The van der Waals surface area contributed by atoms with Crippen molar-refractivity contribution in [2.45, 2.75) is 25.1 Å². The van der Waals surface area contributed by atoms with Gasteiger partial charge in [-0.1, -0.05) is 15.9 Å². The Morgan fingerprint density at radius 2 is 1.88 bits per heavy atom. The smallest absolute Gasteiger partial charge is 0.149 e. The van der Waals surface area contributed by atoms with E-state index in [2.05, 4.69) is 15.9 Å². The lowest BCUT2D eigenvalue weighted by molar-refractivity contribution is 0.566. The van der Waals surface area contributed by atoms with Crippen molar-refractivity contribution in [3.63, 3.8) is 0 Å². The first-order chi connectivity index (χ1) is 8.15. The van der Waals surface area contributed by atoms with Gasteiger partial charge in [-0.2, -0.15) is 0 Å². The molecule has 0 aromatic heterocycles. The fourth-order valence-electron chi connectivity index (χ4n) is 1.99. The zero-order valence-corrected chi connectivity index (χ0v) is 11.4. The molecule has 0 radical (unpaired) electrons. The number of halogens is 3. The molecule has 1 aliphatic carbocycles. The zero-order chi connectivity index (χ0) is 12.4. The average Bonchev–Trinajstić information content (AvgIpc) is 3.10. The van der Waals surface area contributed by atoms with Crippen LogP contribution in [-0.4, -0.2) is 13.1 Å². The normalized spacial score (nSPS) is 15.1. The van der Waals surface area contributed by atoms with Crippen LogP contribution in [0, 0.1) is 17.6 Å². The molecule has 94 valence electrons. The first-order valence-electron chi connectivity index (χ1n) is 5.94. The molecule has 0 N–H and O–H groups in total. The van der Waals surface area contributed by atoms with Gasteiger partial charge in [0.2, 0.25) is 0 Å². The van der Waals surface area contributed by atoms with Crippen molar-refractivity contribution in [3.8, 4) is 0 Å². The molecule has 1 saturated carbocycles. The topological polar surface area (TPSA) is 3.24 Å². The Balaban J connectivity index is 2.28. The molecular formula is C13H16BrF2N. The Morgan fingerprint density at radius 3 is 2.29 bits per heavy atom. The highest BCUT2D eigenvalue weighted by molar-refractivity contribution is 9.08. The summed E-state index contributed by atoms with van der Waals surface area (Å²) in [5.74, 6) is -0.298. The van der Waals surface area contributed by atoms with E-state index in [1.54, 1.807) is 4.90 Å². The van der Waals surface area contributed by atoms with E-state index in [4.69, 9.17) is 0 Å². The standard InChI is InChI=1S/C13H16BrF2N/c1-2-17(8-9-3-4-9)13-11(15)5-10(7-14)6-12(13)16/h5-6,9H,2-4,7-8H2,1H3. The predicted molar refractivity (Wildman–Crippen MR) is 69.6 cm³/mol. The fraction of sp³-hybridized carbons (Fsp3) is 0.538. The third kappa shape index (κ3) is 2.97. The highest BCUT2D eigenvalue weighted by atomic mass is 79.9. The molecule has 4 heteroatoms. The van der Waals surface area contributed by atoms with Crippen LogP contribution >= 0.6 is 15.9 Å². The van der Waals surface area contributed by atoms with Gasteiger partial charge in [0.05, 0.1) is 0 Å². The minimum atomic E-state index is -0.457. The maximum Gasteiger partial charge on any atom is 0.149 e. The second-order valence-corrected chi connectivity index (χ2v) is 5.08. The number of hydrogen-bond acceptors (Lipinski definition) is 1. The second kappa shape index (κ2) is 5.34. The van der Waals surface area contributed by atoms with Gasteiger partial charge in [0, 0.05) is 18.4 Å². The first kappa shape index (κ1) is 12.8. The van der Waals surface area contributed by atoms with E-state index in [1.807, 2.05) is 6.92 Å². The Hall–Kier alpha value is -0.640. The molecule has 17 heavy (non-hydrogen) atoms. The van der Waals surface area contributed by atoms with Crippen LogP contribution in [0.5, 0.6) is 0 Å². The number of rotatable bonds is 5. The van der Waals surface area contributed by atoms with Crippen LogP contribution in [0.2, 0.25) is 0 Å². The highest BCUT2D eigenvalue weighted by Gasteiger charge is 2.26. The summed E-state index contributed by atoms with van der Waals surface area (Å²) in [6.07, 6.45) is 2.36. The predicted octanol–water partition coefficient (Wildman–Crippen LogP) is 4.10. The van der Waals surface area contributed by atoms with Crippen LogP contribution in [0.15, 0.2) is 12.1 Å². The Kier molecular flexibility index (Phi) is 4.02. The van der Waals surface area contributed by atoms with E-state index >= 15 is 0 Å². The van der Waals surface area contributed by atoms with Crippen LogP contribution in [0.1, 0.15) is 25.3 Å². The van der Waals surface area contributed by atoms with Gasteiger partial charge in [0.1, 0.15) is 17.3 Å². The van der Waals surface area contributed by atoms with E-state index in [9.17, 15) is 8.78 Å². The van der Waals surface area contributed by atoms with E-state index in [1.165, 1.54) is 25.0 Å². The van der Waals surface area contributed by atoms with Crippen LogP contribution in [0.4, 0.5) is 14.5 Å². The Morgan fingerprint density at radius 1 is 1.29 bits per heavy atom. The number of benzene rings is 1. The van der Waals surface area contributed by atoms with E-state index < -0.39 is 11.6 Å². The van der Waals surface area contributed by atoms with Crippen molar-refractivity contribution in [2.75, 3.05) is 18.0 Å². The molecule has 0 unspecified atom stereocenters. The third-order valence-corrected chi connectivity index (χ3v) is 3.75. The minimum Gasteiger partial charge on any atom is -0.367 e. The molecule has 0 amide bonds. The summed E-state index contributed by atoms with van der Waals surface area (Å²) in [7, 11) is 0. The molecule has 0 bridgehead atoms. The summed E-state index contributed by atoms with van der Waals surface area (Å²) in [5.41, 5.74) is 0.760. The molecule has 0 spiro atoms. The van der Waals surface area contributed by atoms with Crippen LogP contribution in [0.3, 0.4) is 0 Å². The maximum atomic E-state index is 13.9. The molecular weight excluding hydrogens is 288 g/mol. The second-order valence-electron chi connectivity index (χ2n) is 4.52. The molecule has 0 atom stereocenters.